The number of rotatable bonds is 2. The zero-order chi connectivity index (χ0) is 8.44. The molecule has 0 bridgehead atoms. The summed E-state index contributed by atoms with van der Waals surface area (Å²) in [6.07, 6.45) is 3.90. The molecule has 0 aliphatic carbocycles. The molecule has 0 aromatic heterocycles. The van der Waals surface area contributed by atoms with Gasteiger partial charge in [0.25, 0.3) is 0 Å². The van der Waals surface area contributed by atoms with Crippen LogP contribution in [0.15, 0.2) is 0 Å². The van der Waals surface area contributed by atoms with Gasteiger partial charge in [-0.2, -0.15) is 0 Å². The Morgan fingerprint density at radius 3 is 2.50 bits per heavy atom. The van der Waals surface area contributed by atoms with Crippen molar-refractivity contribution in [3.8, 4) is 0 Å². The minimum absolute atomic E-state index is 0.674. The van der Waals surface area contributed by atoms with Gasteiger partial charge in [-0.05, 0) is 25.8 Å². The molecule has 0 N–H and O–H groups in total. The summed E-state index contributed by atoms with van der Waals surface area (Å²) in [7, 11) is 0. The van der Waals surface area contributed by atoms with Crippen LogP contribution in [0.1, 0.15) is 26.2 Å². The smallest absolute Gasteiger partial charge is 0.0472 e. The molecule has 0 aromatic carbocycles. The van der Waals surface area contributed by atoms with Crippen molar-refractivity contribution in [3.63, 3.8) is 0 Å². The van der Waals surface area contributed by atoms with E-state index < -0.39 is 0 Å². The molecule has 0 amide bonds. The van der Waals surface area contributed by atoms with Gasteiger partial charge in [-0.15, -0.1) is 0 Å². The van der Waals surface area contributed by atoms with Gasteiger partial charge < -0.3 is 9.64 Å². The molecule has 2 nitrogen and oxygen atoms in total. The first-order valence-corrected chi connectivity index (χ1v) is 5.15. The summed E-state index contributed by atoms with van der Waals surface area (Å²) >= 11 is 0. The highest BCUT2D eigenvalue weighted by Gasteiger charge is 2.42. The lowest BCUT2D eigenvalue weighted by Crippen LogP contribution is -2.58. The van der Waals surface area contributed by atoms with Crippen molar-refractivity contribution in [3.05, 3.63) is 0 Å². The lowest BCUT2D eigenvalue weighted by molar-refractivity contribution is -0.0801. The van der Waals surface area contributed by atoms with Gasteiger partial charge in [-0.3, -0.25) is 0 Å². The molecule has 1 spiro atoms. The lowest BCUT2D eigenvalue weighted by Gasteiger charge is -2.52. The largest absolute Gasteiger partial charge is 0.381 e. The first kappa shape index (κ1) is 8.52. The van der Waals surface area contributed by atoms with E-state index in [1.165, 1.54) is 38.9 Å². The molecule has 2 fully saturated rings. The summed E-state index contributed by atoms with van der Waals surface area (Å²) in [6.45, 7) is 8.23. The molecule has 2 rings (SSSR count). The molecule has 0 radical (unpaired) electrons. The van der Waals surface area contributed by atoms with Crippen LogP contribution in [0.5, 0.6) is 0 Å². The van der Waals surface area contributed by atoms with E-state index in [2.05, 4.69) is 11.8 Å². The van der Waals surface area contributed by atoms with Gasteiger partial charge in [0, 0.05) is 31.7 Å². The molecule has 2 aliphatic heterocycles. The topological polar surface area (TPSA) is 12.5 Å². The van der Waals surface area contributed by atoms with Gasteiger partial charge in [0.2, 0.25) is 0 Å². The average molecular weight is 169 g/mol. The molecule has 70 valence electrons. The standard InChI is InChI=1S/C10H19NO/c1-2-5-11-8-10(9-11)3-6-12-7-4-10/h2-9H2,1H3. The molecule has 2 aliphatic rings. The van der Waals surface area contributed by atoms with E-state index in [0.717, 1.165) is 13.2 Å². The molecule has 2 heterocycles. The fraction of sp³-hybridized carbons (Fsp3) is 1.00. The first-order chi connectivity index (χ1) is 5.85. The third-order valence-corrected chi connectivity index (χ3v) is 3.21. The molecule has 0 aromatic rings. The fourth-order valence-electron chi connectivity index (χ4n) is 2.50. The van der Waals surface area contributed by atoms with Crippen LogP contribution in [-0.4, -0.2) is 37.7 Å². The summed E-state index contributed by atoms with van der Waals surface area (Å²) < 4.78 is 5.38. The van der Waals surface area contributed by atoms with E-state index >= 15 is 0 Å². The Morgan fingerprint density at radius 2 is 1.92 bits per heavy atom. The Balaban J connectivity index is 1.77. The van der Waals surface area contributed by atoms with Crippen molar-refractivity contribution in [1.82, 2.24) is 4.90 Å². The average Bonchev–Trinajstić information content (AvgIpc) is 2.04. The second-order valence-electron chi connectivity index (χ2n) is 4.32. The van der Waals surface area contributed by atoms with Gasteiger partial charge in [0.15, 0.2) is 0 Å². The quantitative estimate of drug-likeness (QED) is 0.621. The van der Waals surface area contributed by atoms with Crippen molar-refractivity contribution in [2.45, 2.75) is 26.2 Å². The highest BCUT2D eigenvalue weighted by Crippen LogP contribution is 2.39. The lowest BCUT2D eigenvalue weighted by atomic mass is 9.73. The van der Waals surface area contributed by atoms with Crippen LogP contribution in [0.4, 0.5) is 0 Å². The normalized spacial score (nSPS) is 28.8. The minimum Gasteiger partial charge on any atom is -0.381 e. The number of likely N-dealkylation sites (tertiary alicyclic amines) is 1. The molecule has 2 heteroatoms. The second kappa shape index (κ2) is 3.35. The van der Waals surface area contributed by atoms with Crippen molar-refractivity contribution >= 4 is 0 Å². The highest BCUT2D eigenvalue weighted by molar-refractivity contribution is 4.95. The molecule has 12 heavy (non-hydrogen) atoms. The van der Waals surface area contributed by atoms with Gasteiger partial charge >= 0.3 is 0 Å². The molecule has 0 unspecified atom stereocenters. The molecule has 0 saturated carbocycles. The van der Waals surface area contributed by atoms with Crippen molar-refractivity contribution in [2.75, 3.05) is 32.8 Å². The fourth-order valence-corrected chi connectivity index (χ4v) is 2.50. The number of ether oxygens (including phenoxy) is 1. The van der Waals surface area contributed by atoms with Gasteiger partial charge in [0.05, 0.1) is 0 Å². The minimum atomic E-state index is 0.674. The van der Waals surface area contributed by atoms with Crippen LogP contribution in [0.25, 0.3) is 0 Å². The predicted molar refractivity (Wildman–Crippen MR) is 49.2 cm³/mol. The molecular weight excluding hydrogens is 150 g/mol. The zero-order valence-electron chi connectivity index (χ0n) is 8.01. The van der Waals surface area contributed by atoms with Crippen LogP contribution in [0, 0.1) is 5.41 Å². The van der Waals surface area contributed by atoms with E-state index in [0.29, 0.717) is 5.41 Å². The van der Waals surface area contributed by atoms with Crippen LogP contribution >= 0.6 is 0 Å². The Bertz CT molecular complexity index is 144. The monoisotopic (exact) mass is 169 g/mol. The Kier molecular flexibility index (Phi) is 2.37. The van der Waals surface area contributed by atoms with Crippen LogP contribution in [0.2, 0.25) is 0 Å². The Morgan fingerprint density at radius 1 is 1.25 bits per heavy atom. The maximum absolute atomic E-state index is 5.38. The van der Waals surface area contributed by atoms with Crippen LogP contribution < -0.4 is 0 Å². The van der Waals surface area contributed by atoms with Crippen LogP contribution in [0.3, 0.4) is 0 Å². The summed E-state index contributed by atoms with van der Waals surface area (Å²) in [6, 6.07) is 0. The summed E-state index contributed by atoms with van der Waals surface area (Å²) in [5.41, 5.74) is 0.674. The van der Waals surface area contributed by atoms with Gasteiger partial charge in [0.1, 0.15) is 0 Å². The summed E-state index contributed by atoms with van der Waals surface area (Å²) in [4.78, 5) is 2.57. The van der Waals surface area contributed by atoms with Gasteiger partial charge in [-0.25, -0.2) is 0 Å². The van der Waals surface area contributed by atoms with E-state index in [-0.39, 0.29) is 0 Å². The first-order valence-electron chi connectivity index (χ1n) is 5.15. The van der Waals surface area contributed by atoms with Crippen LogP contribution in [-0.2, 0) is 4.74 Å². The van der Waals surface area contributed by atoms with E-state index in [1.807, 2.05) is 0 Å². The Labute approximate surface area is 74.9 Å². The zero-order valence-corrected chi connectivity index (χ0v) is 8.01. The van der Waals surface area contributed by atoms with Crippen molar-refractivity contribution in [2.24, 2.45) is 5.41 Å². The predicted octanol–water partition coefficient (Wildman–Crippen LogP) is 1.51. The van der Waals surface area contributed by atoms with Crippen molar-refractivity contribution < 1.29 is 4.74 Å². The van der Waals surface area contributed by atoms with E-state index in [9.17, 15) is 0 Å². The van der Waals surface area contributed by atoms with E-state index in [1.54, 1.807) is 0 Å². The Hall–Kier alpha value is -0.0800. The molecule has 0 atom stereocenters. The SMILES string of the molecule is CCCN1CC2(CCOCC2)C1. The molecule has 2 saturated heterocycles. The third kappa shape index (κ3) is 1.50. The van der Waals surface area contributed by atoms with Gasteiger partial charge in [-0.1, -0.05) is 6.92 Å². The number of hydrogen-bond donors (Lipinski definition) is 0. The highest BCUT2D eigenvalue weighted by atomic mass is 16.5. The summed E-state index contributed by atoms with van der Waals surface area (Å²) in [5.74, 6) is 0. The third-order valence-electron chi connectivity index (χ3n) is 3.21. The maximum atomic E-state index is 5.38. The maximum Gasteiger partial charge on any atom is 0.0472 e. The van der Waals surface area contributed by atoms with E-state index in [4.69, 9.17) is 4.74 Å². The number of nitrogens with zero attached hydrogens (tertiary/aromatic N) is 1. The van der Waals surface area contributed by atoms with Crippen molar-refractivity contribution in [1.29, 1.82) is 0 Å². The second-order valence-corrected chi connectivity index (χ2v) is 4.32. The number of hydrogen-bond acceptors (Lipinski definition) is 2. The summed E-state index contributed by atoms with van der Waals surface area (Å²) in [5, 5.41) is 0. The molecular formula is C10H19NO.